The second-order valence-electron chi connectivity index (χ2n) is 8.53. The van der Waals surface area contributed by atoms with Crippen molar-refractivity contribution in [1.82, 2.24) is 4.98 Å². The zero-order valence-electron chi connectivity index (χ0n) is 19.6. The zero-order valence-corrected chi connectivity index (χ0v) is 20.5. The van der Waals surface area contributed by atoms with Gasteiger partial charge in [-0.15, -0.1) is 11.3 Å². The van der Waals surface area contributed by atoms with Crippen LogP contribution in [0.3, 0.4) is 0 Å². The first kappa shape index (κ1) is 25.0. The van der Waals surface area contributed by atoms with Crippen LogP contribution in [0, 0.1) is 5.41 Å². The number of carbonyl (C=O) groups is 2. The van der Waals surface area contributed by atoms with E-state index in [1.807, 2.05) is 45.9 Å². The number of hydrogen-bond donors (Lipinski definition) is 2. The van der Waals surface area contributed by atoms with E-state index in [2.05, 4.69) is 10.3 Å². The fraction of sp³-hybridized carbons (Fsp3) is 0.269. The van der Waals surface area contributed by atoms with Crippen molar-refractivity contribution < 1.29 is 19.1 Å². The third-order valence-electron chi connectivity index (χ3n) is 4.66. The smallest absolute Gasteiger partial charge is 0.266 e. The molecule has 0 radical (unpaired) electrons. The molecule has 1 heterocycles. The highest BCUT2D eigenvalue weighted by atomic mass is 32.1. The number of hydrogen-bond acceptors (Lipinski definition) is 6. The fourth-order valence-electron chi connectivity index (χ4n) is 2.88. The Balaban J connectivity index is 1.80. The number of nitrogens with one attached hydrogen (secondary N) is 2. The molecule has 2 aromatic carbocycles. The fourth-order valence-corrected chi connectivity index (χ4v) is 3.76. The minimum Gasteiger partial charge on any atom is -0.490 e. The number of aromatic amines is 1. The number of thiazole rings is 1. The summed E-state index contributed by atoms with van der Waals surface area (Å²) in [5, 5.41) is 2.76. The third-order valence-corrected chi connectivity index (χ3v) is 5.63. The minimum atomic E-state index is -0.523. The molecule has 0 saturated carbocycles. The number of ketones is 1. The first-order valence-electron chi connectivity index (χ1n) is 10.9. The van der Waals surface area contributed by atoms with Gasteiger partial charge < -0.3 is 19.8 Å². The lowest BCUT2D eigenvalue weighted by molar-refractivity contribution is -0.120. The van der Waals surface area contributed by atoms with E-state index >= 15 is 0 Å². The van der Waals surface area contributed by atoms with Gasteiger partial charge in [0.15, 0.2) is 23.9 Å². The molecule has 1 amide bonds. The highest BCUT2D eigenvalue weighted by molar-refractivity contribution is 7.07. The van der Waals surface area contributed by atoms with E-state index in [9.17, 15) is 14.4 Å². The highest BCUT2D eigenvalue weighted by Gasteiger charge is 2.18. The van der Waals surface area contributed by atoms with Gasteiger partial charge >= 0.3 is 0 Å². The Morgan fingerprint density at radius 3 is 2.47 bits per heavy atom. The van der Waals surface area contributed by atoms with Gasteiger partial charge in [-0.1, -0.05) is 45.0 Å². The summed E-state index contributed by atoms with van der Waals surface area (Å²) in [5.74, 6) is 0.537. The van der Waals surface area contributed by atoms with Crippen LogP contribution < -0.4 is 29.5 Å². The molecule has 34 heavy (non-hydrogen) atoms. The van der Waals surface area contributed by atoms with Gasteiger partial charge in [0.1, 0.15) is 0 Å². The number of Topliss-reactive ketones (excluding diaryl/α,β-unsaturated/α-hetero) is 1. The van der Waals surface area contributed by atoms with Crippen LogP contribution in [0.25, 0.3) is 12.2 Å². The molecule has 7 nitrogen and oxygen atoms in total. The Kier molecular flexibility index (Phi) is 8.07. The van der Waals surface area contributed by atoms with Crippen molar-refractivity contribution in [3.63, 3.8) is 0 Å². The van der Waals surface area contributed by atoms with E-state index < -0.39 is 5.41 Å². The Bertz CT molecular complexity index is 1330. The summed E-state index contributed by atoms with van der Waals surface area (Å²) in [4.78, 5) is 39.5. The SMILES string of the molecule is CCOc1cc(/C=c2\s/c(=C\C(=O)C(C)(C)C)[nH]c2=O)ccc1OCC(=O)Nc1ccccc1. The molecular weight excluding hydrogens is 452 g/mol. The first-order chi connectivity index (χ1) is 16.2. The molecule has 178 valence electrons. The number of anilines is 1. The van der Waals surface area contributed by atoms with Crippen LogP contribution in [0.5, 0.6) is 11.5 Å². The third kappa shape index (κ3) is 6.92. The van der Waals surface area contributed by atoms with Crippen molar-refractivity contribution in [3.8, 4) is 11.5 Å². The van der Waals surface area contributed by atoms with E-state index in [0.29, 0.717) is 33.0 Å². The summed E-state index contributed by atoms with van der Waals surface area (Å²) < 4.78 is 12.3. The monoisotopic (exact) mass is 480 g/mol. The van der Waals surface area contributed by atoms with Gasteiger partial charge in [0.25, 0.3) is 11.5 Å². The summed E-state index contributed by atoms with van der Waals surface area (Å²) in [7, 11) is 0. The van der Waals surface area contributed by atoms with E-state index in [-0.39, 0.29) is 23.9 Å². The Morgan fingerprint density at radius 1 is 1.06 bits per heavy atom. The normalized spacial score (nSPS) is 12.5. The van der Waals surface area contributed by atoms with Gasteiger partial charge in [-0.25, -0.2) is 0 Å². The van der Waals surface area contributed by atoms with E-state index in [1.54, 1.807) is 36.4 Å². The number of rotatable bonds is 8. The molecule has 0 saturated heterocycles. The molecule has 0 atom stereocenters. The highest BCUT2D eigenvalue weighted by Crippen LogP contribution is 2.29. The van der Waals surface area contributed by atoms with Gasteiger partial charge in [0.05, 0.1) is 15.8 Å². The number of ether oxygens (including phenoxy) is 2. The Labute approximate surface area is 201 Å². The largest absolute Gasteiger partial charge is 0.490 e. The molecule has 0 unspecified atom stereocenters. The zero-order chi connectivity index (χ0) is 24.7. The van der Waals surface area contributed by atoms with E-state index in [0.717, 1.165) is 5.56 Å². The standard InChI is InChI=1S/C26H28N2O5S/c1-5-32-20-13-17(14-21-25(31)28-24(34-21)15-22(29)26(2,3)4)11-12-19(20)33-16-23(30)27-18-9-7-6-8-10-18/h6-15H,5,16H2,1-4H3,(H,27,30)(H,28,31)/b21-14-,24-15-. The molecule has 0 fully saturated rings. The van der Waals surface area contributed by atoms with Crippen LogP contribution in [-0.2, 0) is 9.59 Å². The molecule has 0 aliphatic heterocycles. The lowest BCUT2D eigenvalue weighted by Crippen LogP contribution is -2.22. The van der Waals surface area contributed by atoms with Crippen LogP contribution in [0.2, 0.25) is 0 Å². The molecule has 0 aliphatic carbocycles. The molecule has 3 aromatic rings. The second-order valence-corrected chi connectivity index (χ2v) is 9.61. The Hall–Kier alpha value is -3.65. The number of para-hydroxylation sites is 1. The number of H-pyrrole nitrogens is 1. The van der Waals surface area contributed by atoms with Gasteiger partial charge in [-0.05, 0) is 42.8 Å². The van der Waals surface area contributed by atoms with Crippen molar-refractivity contribution in [2.24, 2.45) is 5.41 Å². The average molecular weight is 481 g/mol. The van der Waals surface area contributed by atoms with Gasteiger partial charge in [-0.2, -0.15) is 0 Å². The van der Waals surface area contributed by atoms with Crippen LogP contribution in [0.1, 0.15) is 33.3 Å². The summed E-state index contributed by atoms with van der Waals surface area (Å²) in [6, 6.07) is 14.3. The number of aromatic nitrogens is 1. The summed E-state index contributed by atoms with van der Waals surface area (Å²) >= 11 is 1.21. The van der Waals surface area contributed by atoms with Crippen LogP contribution in [0.4, 0.5) is 5.69 Å². The number of amides is 1. The lowest BCUT2D eigenvalue weighted by atomic mass is 9.91. The van der Waals surface area contributed by atoms with Crippen LogP contribution in [0.15, 0.2) is 53.3 Å². The van der Waals surface area contributed by atoms with Gasteiger partial charge in [0, 0.05) is 17.2 Å². The first-order valence-corrected chi connectivity index (χ1v) is 11.7. The van der Waals surface area contributed by atoms with Crippen molar-refractivity contribution >= 4 is 40.9 Å². The maximum atomic E-state index is 12.4. The molecule has 2 N–H and O–H groups in total. The molecular formula is C26H28N2O5S. The molecule has 0 aliphatic rings. The minimum absolute atomic E-state index is 0.0621. The molecule has 3 rings (SSSR count). The Morgan fingerprint density at radius 2 is 1.79 bits per heavy atom. The molecule has 8 heteroatoms. The van der Waals surface area contributed by atoms with Crippen molar-refractivity contribution in [2.45, 2.75) is 27.7 Å². The number of benzene rings is 2. The number of carbonyl (C=O) groups excluding carboxylic acids is 2. The summed E-state index contributed by atoms with van der Waals surface area (Å²) in [5.41, 5.74) is 0.623. The summed E-state index contributed by atoms with van der Waals surface area (Å²) in [6.07, 6.45) is 3.18. The maximum Gasteiger partial charge on any atom is 0.266 e. The van der Waals surface area contributed by atoms with E-state index in [1.165, 1.54) is 17.4 Å². The van der Waals surface area contributed by atoms with Gasteiger partial charge in [-0.3, -0.25) is 14.4 Å². The van der Waals surface area contributed by atoms with Crippen molar-refractivity contribution in [1.29, 1.82) is 0 Å². The lowest BCUT2D eigenvalue weighted by Gasteiger charge is -2.12. The topological polar surface area (TPSA) is 97.5 Å². The van der Waals surface area contributed by atoms with Crippen molar-refractivity contribution in [3.05, 3.63) is 73.6 Å². The summed E-state index contributed by atoms with van der Waals surface area (Å²) in [6.45, 7) is 7.56. The predicted molar refractivity (Wildman–Crippen MR) is 135 cm³/mol. The maximum absolute atomic E-state index is 12.4. The second kappa shape index (κ2) is 11.0. The van der Waals surface area contributed by atoms with Crippen LogP contribution in [-0.4, -0.2) is 29.9 Å². The quantitative estimate of drug-likeness (QED) is 0.517. The predicted octanol–water partition coefficient (Wildman–Crippen LogP) is 3.08. The van der Waals surface area contributed by atoms with Gasteiger partial charge in [0.2, 0.25) is 0 Å². The van der Waals surface area contributed by atoms with E-state index in [4.69, 9.17) is 9.47 Å². The molecule has 0 bridgehead atoms. The van der Waals surface area contributed by atoms with Crippen LogP contribution >= 0.6 is 11.3 Å². The molecule has 0 spiro atoms. The molecule has 1 aromatic heterocycles. The van der Waals surface area contributed by atoms with Crippen molar-refractivity contribution in [2.75, 3.05) is 18.5 Å². The average Bonchev–Trinajstić information content (AvgIpc) is 3.12.